The summed E-state index contributed by atoms with van der Waals surface area (Å²) in [4.78, 5) is 0. The standard InChI is InChI=1S/C17H18F3N/c1-4-21-17(12-7-10(2)8-13(18)9-12)14-6-5-11(3)15(19)16(14)20/h5-9,17,21H,4H2,1-3H3. The Bertz CT molecular complexity index is 632. The molecule has 2 aromatic carbocycles. The lowest BCUT2D eigenvalue weighted by atomic mass is 9.95. The lowest BCUT2D eigenvalue weighted by molar-refractivity contribution is 0.478. The van der Waals surface area contributed by atoms with Crippen molar-refractivity contribution in [3.63, 3.8) is 0 Å². The van der Waals surface area contributed by atoms with Crippen LogP contribution in [0.3, 0.4) is 0 Å². The van der Waals surface area contributed by atoms with Crippen molar-refractivity contribution >= 4 is 0 Å². The molecule has 2 aromatic rings. The molecule has 0 saturated heterocycles. The van der Waals surface area contributed by atoms with Crippen LogP contribution in [0.15, 0.2) is 30.3 Å². The number of hydrogen-bond donors (Lipinski definition) is 1. The summed E-state index contributed by atoms with van der Waals surface area (Å²) < 4.78 is 41.6. The van der Waals surface area contributed by atoms with Crippen LogP contribution in [0.1, 0.15) is 35.2 Å². The summed E-state index contributed by atoms with van der Waals surface area (Å²) in [5.41, 5.74) is 1.75. The first-order chi connectivity index (χ1) is 9.93. The fraction of sp³-hybridized carbons (Fsp3) is 0.294. The van der Waals surface area contributed by atoms with E-state index in [2.05, 4.69) is 5.32 Å². The van der Waals surface area contributed by atoms with E-state index in [-0.39, 0.29) is 16.9 Å². The Kier molecular flexibility index (Phi) is 4.68. The molecule has 21 heavy (non-hydrogen) atoms. The van der Waals surface area contributed by atoms with E-state index in [1.807, 2.05) is 6.92 Å². The fourth-order valence-electron chi connectivity index (χ4n) is 2.43. The zero-order valence-corrected chi connectivity index (χ0v) is 12.3. The van der Waals surface area contributed by atoms with Crippen molar-refractivity contribution in [2.75, 3.05) is 6.54 Å². The van der Waals surface area contributed by atoms with E-state index in [9.17, 15) is 13.2 Å². The second kappa shape index (κ2) is 6.31. The molecule has 112 valence electrons. The first-order valence-corrected chi connectivity index (χ1v) is 6.89. The van der Waals surface area contributed by atoms with Gasteiger partial charge in [-0.25, -0.2) is 13.2 Å². The number of nitrogens with one attached hydrogen (secondary N) is 1. The molecule has 0 heterocycles. The molecule has 0 aromatic heterocycles. The Morgan fingerprint density at radius 2 is 1.71 bits per heavy atom. The summed E-state index contributed by atoms with van der Waals surface area (Å²) in [5, 5.41) is 3.08. The molecular weight excluding hydrogens is 275 g/mol. The fourth-order valence-corrected chi connectivity index (χ4v) is 2.43. The van der Waals surface area contributed by atoms with Crippen LogP contribution in [0.2, 0.25) is 0 Å². The molecule has 0 saturated carbocycles. The highest BCUT2D eigenvalue weighted by molar-refractivity contribution is 5.37. The number of halogens is 3. The van der Waals surface area contributed by atoms with Crippen LogP contribution in [-0.2, 0) is 0 Å². The highest BCUT2D eigenvalue weighted by atomic mass is 19.2. The second-order valence-corrected chi connectivity index (χ2v) is 5.15. The summed E-state index contributed by atoms with van der Waals surface area (Å²) in [6.07, 6.45) is 0. The molecule has 1 nitrogen and oxygen atoms in total. The molecule has 0 fully saturated rings. The smallest absolute Gasteiger partial charge is 0.164 e. The molecule has 0 aliphatic rings. The minimum Gasteiger partial charge on any atom is -0.306 e. The number of rotatable bonds is 4. The Labute approximate surface area is 122 Å². The van der Waals surface area contributed by atoms with Gasteiger partial charge in [0.2, 0.25) is 0 Å². The van der Waals surface area contributed by atoms with E-state index in [0.29, 0.717) is 12.1 Å². The van der Waals surface area contributed by atoms with E-state index in [1.54, 1.807) is 19.1 Å². The molecule has 4 heteroatoms. The Morgan fingerprint density at radius 3 is 2.33 bits per heavy atom. The van der Waals surface area contributed by atoms with E-state index < -0.39 is 17.7 Å². The molecule has 2 rings (SSSR count). The Morgan fingerprint density at radius 1 is 1.00 bits per heavy atom. The van der Waals surface area contributed by atoms with Crippen molar-refractivity contribution in [2.24, 2.45) is 0 Å². The summed E-state index contributed by atoms with van der Waals surface area (Å²) in [6.45, 7) is 5.69. The first kappa shape index (κ1) is 15.6. The summed E-state index contributed by atoms with van der Waals surface area (Å²) >= 11 is 0. The van der Waals surface area contributed by atoms with Gasteiger partial charge in [-0.2, -0.15) is 0 Å². The van der Waals surface area contributed by atoms with Crippen LogP contribution < -0.4 is 5.32 Å². The molecule has 0 aliphatic carbocycles. The third-order valence-electron chi connectivity index (χ3n) is 3.42. The lowest BCUT2D eigenvalue weighted by Crippen LogP contribution is -2.23. The van der Waals surface area contributed by atoms with Crippen LogP contribution in [-0.4, -0.2) is 6.54 Å². The zero-order chi connectivity index (χ0) is 15.6. The molecule has 0 spiro atoms. The molecule has 1 unspecified atom stereocenters. The van der Waals surface area contributed by atoms with Crippen molar-refractivity contribution in [1.29, 1.82) is 0 Å². The SMILES string of the molecule is CCNC(c1cc(C)cc(F)c1)c1ccc(C)c(F)c1F. The number of hydrogen-bond acceptors (Lipinski definition) is 1. The van der Waals surface area contributed by atoms with Crippen LogP contribution in [0.25, 0.3) is 0 Å². The van der Waals surface area contributed by atoms with Crippen LogP contribution in [0.5, 0.6) is 0 Å². The van der Waals surface area contributed by atoms with E-state index in [1.165, 1.54) is 25.1 Å². The lowest BCUT2D eigenvalue weighted by Gasteiger charge is -2.21. The summed E-state index contributed by atoms with van der Waals surface area (Å²) in [7, 11) is 0. The maximum Gasteiger partial charge on any atom is 0.164 e. The number of aryl methyl sites for hydroxylation is 2. The van der Waals surface area contributed by atoms with E-state index >= 15 is 0 Å². The van der Waals surface area contributed by atoms with Gasteiger partial charge in [0.1, 0.15) is 5.82 Å². The van der Waals surface area contributed by atoms with Crippen LogP contribution in [0.4, 0.5) is 13.2 Å². The molecule has 0 aliphatic heterocycles. The second-order valence-electron chi connectivity index (χ2n) is 5.15. The van der Waals surface area contributed by atoms with Crippen LogP contribution >= 0.6 is 0 Å². The van der Waals surface area contributed by atoms with Gasteiger partial charge in [-0.05, 0) is 49.2 Å². The first-order valence-electron chi connectivity index (χ1n) is 6.89. The average Bonchev–Trinajstić information content (AvgIpc) is 2.42. The average molecular weight is 293 g/mol. The molecule has 1 N–H and O–H groups in total. The van der Waals surface area contributed by atoms with Crippen LogP contribution in [0, 0.1) is 31.3 Å². The maximum atomic E-state index is 14.2. The van der Waals surface area contributed by atoms with Gasteiger partial charge in [0.25, 0.3) is 0 Å². The predicted octanol–water partition coefficient (Wildman–Crippen LogP) is 4.42. The summed E-state index contributed by atoms with van der Waals surface area (Å²) in [5.74, 6) is -2.13. The van der Waals surface area contributed by atoms with Crippen molar-refractivity contribution < 1.29 is 13.2 Å². The Hall–Kier alpha value is -1.81. The van der Waals surface area contributed by atoms with Gasteiger partial charge in [0.15, 0.2) is 11.6 Å². The highest BCUT2D eigenvalue weighted by Crippen LogP contribution is 2.28. The molecule has 0 radical (unpaired) electrons. The maximum absolute atomic E-state index is 14.2. The minimum atomic E-state index is -0.886. The zero-order valence-electron chi connectivity index (χ0n) is 12.3. The molecule has 0 amide bonds. The third kappa shape index (κ3) is 3.27. The minimum absolute atomic E-state index is 0.185. The Balaban J connectivity index is 2.56. The van der Waals surface area contributed by atoms with Crippen molar-refractivity contribution in [3.8, 4) is 0 Å². The molecule has 0 bridgehead atoms. The largest absolute Gasteiger partial charge is 0.306 e. The monoisotopic (exact) mass is 293 g/mol. The molecule has 1 atom stereocenters. The van der Waals surface area contributed by atoms with Gasteiger partial charge in [-0.15, -0.1) is 0 Å². The van der Waals surface area contributed by atoms with Gasteiger partial charge in [-0.3, -0.25) is 0 Å². The third-order valence-corrected chi connectivity index (χ3v) is 3.42. The van der Waals surface area contributed by atoms with Gasteiger partial charge >= 0.3 is 0 Å². The van der Waals surface area contributed by atoms with Gasteiger partial charge in [-0.1, -0.05) is 25.1 Å². The quantitative estimate of drug-likeness (QED) is 0.880. The van der Waals surface area contributed by atoms with E-state index in [4.69, 9.17) is 0 Å². The van der Waals surface area contributed by atoms with Crippen molar-refractivity contribution in [3.05, 3.63) is 70.0 Å². The van der Waals surface area contributed by atoms with Gasteiger partial charge < -0.3 is 5.32 Å². The van der Waals surface area contributed by atoms with Gasteiger partial charge in [0, 0.05) is 5.56 Å². The summed E-state index contributed by atoms with van der Waals surface area (Å²) in [6, 6.07) is 7.01. The van der Waals surface area contributed by atoms with Gasteiger partial charge in [0.05, 0.1) is 6.04 Å². The molecular formula is C17H18F3N. The topological polar surface area (TPSA) is 12.0 Å². The van der Waals surface area contributed by atoms with Crippen molar-refractivity contribution in [2.45, 2.75) is 26.8 Å². The number of benzene rings is 2. The predicted molar refractivity (Wildman–Crippen MR) is 77.8 cm³/mol. The van der Waals surface area contributed by atoms with E-state index in [0.717, 1.165) is 5.56 Å². The highest BCUT2D eigenvalue weighted by Gasteiger charge is 2.21. The van der Waals surface area contributed by atoms with Crippen molar-refractivity contribution in [1.82, 2.24) is 5.32 Å². The normalized spacial score (nSPS) is 12.5.